The van der Waals surface area contributed by atoms with Gasteiger partial charge in [-0.1, -0.05) is 174 Å². The SMILES string of the molecule is CCCCc1cc2c(-c3ccccc3C(C)CC)cccc2[cH-]1.CCCCc1cc2c(-c3ccccc3C(C)CC)cccc2[cH-]1.[Zr+3].[c-]1cccc2c1[Si]c1ccccc1-2. The molecule has 0 fully saturated rings. The standard InChI is InChI=1S/2C23H27.C12H7Si.Zr/c2*1-4-6-10-18-15-19-11-9-14-22(23(19)16-18)21-13-8-7-12-20(21)17(3)5-2;1-3-7-11-9(5-1)10-6-2-4-8-12(10)13-11;/h2*7-9,11-17H,4-6,10H2,1-3H3;1-7H;/q3*-1;+3. The fourth-order valence-electron chi connectivity index (χ4n) is 8.62. The van der Waals surface area contributed by atoms with Crippen molar-refractivity contribution in [3.63, 3.8) is 0 Å². The molecule has 0 aliphatic carbocycles. The van der Waals surface area contributed by atoms with Gasteiger partial charge in [-0.2, -0.15) is 41.6 Å². The number of unbranched alkanes of at least 4 members (excludes halogenated alkanes) is 2. The Morgan fingerprint density at radius 2 is 0.950 bits per heavy atom. The van der Waals surface area contributed by atoms with Gasteiger partial charge in [-0.05, 0) is 59.8 Å². The van der Waals surface area contributed by atoms with Gasteiger partial charge in [-0.3, -0.25) is 0 Å². The molecular weight excluding hydrogens is 816 g/mol. The van der Waals surface area contributed by atoms with Gasteiger partial charge in [0.25, 0.3) is 0 Å². The van der Waals surface area contributed by atoms with E-state index >= 15 is 0 Å². The summed E-state index contributed by atoms with van der Waals surface area (Å²) in [5.41, 5.74) is 14.3. The van der Waals surface area contributed by atoms with Crippen LogP contribution in [0.25, 0.3) is 54.9 Å². The van der Waals surface area contributed by atoms with E-state index < -0.39 is 0 Å². The molecule has 0 bridgehead atoms. The predicted molar refractivity (Wildman–Crippen MR) is 260 cm³/mol. The van der Waals surface area contributed by atoms with Crippen LogP contribution in [-0.2, 0) is 39.0 Å². The van der Waals surface area contributed by atoms with Gasteiger partial charge >= 0.3 is 26.2 Å². The minimum absolute atomic E-state index is 0. The van der Waals surface area contributed by atoms with Crippen LogP contribution in [0.2, 0.25) is 0 Å². The Balaban J connectivity index is 0.000000155. The van der Waals surface area contributed by atoms with Crippen molar-refractivity contribution in [1.82, 2.24) is 0 Å². The van der Waals surface area contributed by atoms with Gasteiger partial charge in [0.1, 0.15) is 0 Å². The van der Waals surface area contributed by atoms with Crippen molar-refractivity contribution in [1.29, 1.82) is 0 Å². The largest absolute Gasteiger partial charge is 3.00 e. The Kier molecular flexibility index (Phi) is 16.5. The second-order valence-electron chi connectivity index (χ2n) is 16.5. The molecule has 0 N–H and O–H groups in total. The number of fused-ring (bicyclic) bond motifs is 5. The summed E-state index contributed by atoms with van der Waals surface area (Å²) < 4.78 is 0. The second kappa shape index (κ2) is 21.9. The third kappa shape index (κ3) is 10.4. The van der Waals surface area contributed by atoms with Gasteiger partial charge in [0.15, 0.2) is 0 Å². The molecule has 8 aromatic carbocycles. The summed E-state index contributed by atoms with van der Waals surface area (Å²) in [4.78, 5) is 0. The van der Waals surface area contributed by atoms with Crippen LogP contribution in [0.15, 0.2) is 152 Å². The Hall–Kier alpha value is -4.36. The van der Waals surface area contributed by atoms with Gasteiger partial charge in [0.2, 0.25) is 0 Å². The maximum atomic E-state index is 3.31. The van der Waals surface area contributed by atoms with E-state index in [2.05, 4.69) is 193 Å². The van der Waals surface area contributed by atoms with E-state index in [4.69, 9.17) is 0 Å². The van der Waals surface area contributed by atoms with Crippen LogP contribution in [0.1, 0.15) is 114 Å². The molecule has 60 heavy (non-hydrogen) atoms. The van der Waals surface area contributed by atoms with E-state index in [0.29, 0.717) is 11.8 Å². The van der Waals surface area contributed by atoms with Gasteiger partial charge in [-0.25, -0.2) is 0 Å². The summed E-state index contributed by atoms with van der Waals surface area (Å²) in [6, 6.07) is 59.1. The van der Waals surface area contributed by atoms with E-state index in [0.717, 1.165) is 9.52 Å². The Bertz CT molecular complexity index is 2400. The maximum absolute atomic E-state index is 3.31. The average Bonchev–Trinajstić information content (AvgIpc) is 4.02. The van der Waals surface area contributed by atoms with Crippen molar-refractivity contribution >= 4 is 41.4 Å². The second-order valence-corrected chi connectivity index (χ2v) is 17.8. The summed E-state index contributed by atoms with van der Waals surface area (Å²) in [7, 11) is 0.795. The van der Waals surface area contributed by atoms with Crippen LogP contribution in [-0.4, -0.2) is 9.52 Å². The van der Waals surface area contributed by atoms with E-state index in [9.17, 15) is 0 Å². The topological polar surface area (TPSA) is 0 Å². The minimum Gasteiger partial charge on any atom is -0.184 e. The Morgan fingerprint density at radius 1 is 0.500 bits per heavy atom. The molecule has 1 aliphatic heterocycles. The molecule has 3 radical (unpaired) electrons. The van der Waals surface area contributed by atoms with Crippen molar-refractivity contribution in [2.45, 2.75) is 105 Å². The normalized spacial score (nSPS) is 12.4. The molecule has 0 aromatic heterocycles. The summed E-state index contributed by atoms with van der Waals surface area (Å²) in [6.07, 6.45) is 9.79. The van der Waals surface area contributed by atoms with Crippen LogP contribution in [0.5, 0.6) is 0 Å². The van der Waals surface area contributed by atoms with E-state index in [1.165, 1.54) is 139 Å². The molecule has 8 aromatic rings. The molecule has 0 amide bonds. The molecule has 301 valence electrons. The predicted octanol–water partition coefficient (Wildman–Crippen LogP) is 15.3. The van der Waals surface area contributed by atoms with Crippen molar-refractivity contribution in [3.05, 3.63) is 180 Å². The molecule has 2 atom stereocenters. The quantitative estimate of drug-likeness (QED) is 0.0847. The Morgan fingerprint density at radius 3 is 1.45 bits per heavy atom. The van der Waals surface area contributed by atoms with E-state index in [1.54, 1.807) is 0 Å². The van der Waals surface area contributed by atoms with Gasteiger partial charge in [-0.15, -0.1) is 74.6 Å². The third-order valence-corrected chi connectivity index (χ3v) is 13.7. The number of aryl methyl sites for hydroxylation is 2. The average molecular weight is 877 g/mol. The number of hydrogen-bond acceptors (Lipinski definition) is 0. The van der Waals surface area contributed by atoms with Gasteiger partial charge < -0.3 is 0 Å². The zero-order valence-corrected chi connectivity index (χ0v) is 40.2. The van der Waals surface area contributed by atoms with Crippen molar-refractivity contribution in [2.75, 3.05) is 0 Å². The smallest absolute Gasteiger partial charge is 0.184 e. The van der Waals surface area contributed by atoms with Crippen LogP contribution >= 0.6 is 0 Å². The van der Waals surface area contributed by atoms with Crippen LogP contribution in [0, 0.1) is 6.07 Å². The Labute approximate surface area is 383 Å². The molecule has 0 saturated heterocycles. The first-order valence-electron chi connectivity index (χ1n) is 22.4. The molecule has 0 nitrogen and oxygen atoms in total. The fourth-order valence-corrected chi connectivity index (χ4v) is 9.93. The van der Waals surface area contributed by atoms with E-state index in [1.807, 2.05) is 6.07 Å². The van der Waals surface area contributed by atoms with Gasteiger partial charge in [0, 0.05) is 0 Å². The number of rotatable bonds is 12. The van der Waals surface area contributed by atoms with Crippen molar-refractivity contribution in [3.8, 4) is 33.4 Å². The first-order chi connectivity index (χ1) is 28.9. The zero-order valence-electron chi connectivity index (χ0n) is 36.7. The van der Waals surface area contributed by atoms with Crippen molar-refractivity contribution < 1.29 is 26.2 Å². The van der Waals surface area contributed by atoms with Crippen LogP contribution in [0.4, 0.5) is 0 Å². The van der Waals surface area contributed by atoms with Gasteiger partial charge in [0.05, 0.1) is 9.52 Å². The molecule has 1 heterocycles. The molecule has 1 aliphatic rings. The summed E-state index contributed by atoms with van der Waals surface area (Å²) in [5.74, 6) is 1.19. The molecular formula is C58H61SiZr. The molecule has 2 unspecified atom stereocenters. The molecule has 0 spiro atoms. The monoisotopic (exact) mass is 875 g/mol. The molecule has 0 saturated carbocycles. The number of benzene rings is 6. The van der Waals surface area contributed by atoms with Crippen LogP contribution < -0.4 is 10.4 Å². The minimum atomic E-state index is 0. The first-order valence-corrected chi connectivity index (χ1v) is 23.4. The van der Waals surface area contributed by atoms with Crippen molar-refractivity contribution in [2.24, 2.45) is 0 Å². The molecule has 2 heteroatoms. The number of hydrogen-bond donors (Lipinski definition) is 0. The zero-order chi connectivity index (χ0) is 41.1. The maximum Gasteiger partial charge on any atom is 3.00 e. The fraction of sp³-hybridized carbons (Fsp3) is 0.276. The molecule has 9 rings (SSSR count). The summed E-state index contributed by atoms with van der Waals surface area (Å²) in [5, 5.41) is 8.41. The van der Waals surface area contributed by atoms with E-state index in [-0.39, 0.29) is 26.2 Å². The third-order valence-electron chi connectivity index (χ3n) is 12.4. The first kappa shape index (κ1) is 45.2. The van der Waals surface area contributed by atoms with Crippen LogP contribution in [0.3, 0.4) is 0 Å². The summed E-state index contributed by atoms with van der Waals surface area (Å²) in [6.45, 7) is 13.7. The summed E-state index contributed by atoms with van der Waals surface area (Å²) >= 11 is 0.